The number of thiophene rings is 1. The van der Waals surface area contributed by atoms with Crippen molar-refractivity contribution in [3.05, 3.63) is 41.8 Å². The molecule has 0 saturated carbocycles. The number of rotatable bonds is 4. The van der Waals surface area contributed by atoms with Crippen LogP contribution in [0.2, 0.25) is 0 Å². The minimum Gasteiger partial charge on any atom is -0.272 e. The highest BCUT2D eigenvalue weighted by molar-refractivity contribution is 7.91. The average Bonchev–Trinajstić information content (AvgIpc) is 2.92. The van der Waals surface area contributed by atoms with Gasteiger partial charge in [0, 0.05) is 12.4 Å². The number of hydrazine groups is 1. The van der Waals surface area contributed by atoms with E-state index < -0.39 is 15.9 Å². The number of carbonyl (C=O) groups is 1. The van der Waals surface area contributed by atoms with Gasteiger partial charge < -0.3 is 0 Å². The van der Waals surface area contributed by atoms with Crippen molar-refractivity contribution in [2.75, 3.05) is 0 Å². The Labute approximate surface area is 107 Å². The van der Waals surface area contributed by atoms with Crippen molar-refractivity contribution >= 4 is 27.3 Å². The average molecular weight is 284 g/mol. The van der Waals surface area contributed by atoms with Crippen LogP contribution in [0.1, 0.15) is 10.5 Å². The summed E-state index contributed by atoms with van der Waals surface area (Å²) in [6.45, 7) is 0. The molecule has 1 amide bonds. The molecule has 2 rings (SSSR count). The van der Waals surface area contributed by atoms with Crippen LogP contribution in [0.3, 0.4) is 0 Å². The number of sulfonamides is 1. The van der Waals surface area contributed by atoms with Gasteiger partial charge in [0.05, 0.1) is 6.20 Å². The van der Waals surface area contributed by atoms with E-state index in [-0.39, 0.29) is 9.90 Å². The minimum absolute atomic E-state index is 0.0198. The quantitative estimate of drug-likeness (QED) is 0.779. The van der Waals surface area contributed by atoms with Crippen molar-refractivity contribution < 1.29 is 13.2 Å². The third kappa shape index (κ3) is 2.88. The molecule has 7 nitrogen and oxygen atoms in total. The van der Waals surface area contributed by atoms with Gasteiger partial charge in [0.2, 0.25) is 0 Å². The van der Waals surface area contributed by atoms with Crippen LogP contribution in [-0.4, -0.2) is 24.3 Å². The lowest BCUT2D eigenvalue weighted by Gasteiger charge is -2.05. The summed E-state index contributed by atoms with van der Waals surface area (Å²) in [5, 5.41) is 1.62. The molecule has 0 aliphatic carbocycles. The summed E-state index contributed by atoms with van der Waals surface area (Å²) in [5.41, 5.74) is 2.07. The fraction of sp³-hybridized carbons (Fsp3) is 0. The number of aromatic nitrogens is 2. The lowest BCUT2D eigenvalue weighted by molar-refractivity contribution is 0.0939. The molecule has 0 aliphatic rings. The largest absolute Gasteiger partial charge is 0.286 e. The molecule has 0 aromatic carbocycles. The fourth-order valence-corrected chi connectivity index (χ4v) is 2.89. The molecule has 9 heteroatoms. The maximum Gasteiger partial charge on any atom is 0.286 e. The van der Waals surface area contributed by atoms with Gasteiger partial charge in [0.1, 0.15) is 9.90 Å². The third-order valence-corrected chi connectivity index (χ3v) is 4.50. The Morgan fingerprint density at radius 3 is 2.78 bits per heavy atom. The van der Waals surface area contributed by atoms with Gasteiger partial charge in [-0.3, -0.25) is 15.2 Å². The summed E-state index contributed by atoms with van der Waals surface area (Å²) in [4.78, 5) is 20.9. The molecule has 0 aliphatic heterocycles. The lowest BCUT2D eigenvalue weighted by atomic mass is 10.4. The fourth-order valence-electron chi connectivity index (χ4n) is 1.06. The molecule has 94 valence electrons. The maximum atomic E-state index is 11.7. The van der Waals surface area contributed by atoms with Crippen molar-refractivity contribution in [2.24, 2.45) is 0 Å². The zero-order valence-electron chi connectivity index (χ0n) is 8.90. The first-order valence-electron chi connectivity index (χ1n) is 4.71. The summed E-state index contributed by atoms with van der Waals surface area (Å²) in [7, 11) is -3.73. The molecule has 18 heavy (non-hydrogen) atoms. The van der Waals surface area contributed by atoms with E-state index in [1.54, 1.807) is 11.4 Å². The number of nitrogens with zero attached hydrogens (tertiary/aromatic N) is 2. The molecular weight excluding hydrogens is 276 g/mol. The van der Waals surface area contributed by atoms with Gasteiger partial charge >= 0.3 is 0 Å². The molecule has 2 aromatic rings. The predicted octanol–water partition coefficient (Wildman–Crippen LogP) is 0.161. The molecule has 0 atom stereocenters. The molecule has 2 N–H and O–H groups in total. The molecule has 2 aromatic heterocycles. The predicted molar refractivity (Wildman–Crippen MR) is 64.1 cm³/mol. The Morgan fingerprint density at radius 1 is 1.33 bits per heavy atom. The number of amides is 1. The van der Waals surface area contributed by atoms with Crippen LogP contribution in [0.5, 0.6) is 0 Å². The highest BCUT2D eigenvalue weighted by Gasteiger charge is 2.16. The first kappa shape index (κ1) is 12.6. The molecule has 0 fully saturated rings. The second kappa shape index (κ2) is 5.21. The van der Waals surface area contributed by atoms with Gasteiger partial charge in [0.15, 0.2) is 0 Å². The monoisotopic (exact) mass is 284 g/mol. The van der Waals surface area contributed by atoms with Gasteiger partial charge in [-0.25, -0.2) is 13.4 Å². The zero-order chi connectivity index (χ0) is 13.0. The van der Waals surface area contributed by atoms with Gasteiger partial charge in [-0.05, 0) is 11.4 Å². The number of hydrogen-bond donors (Lipinski definition) is 2. The summed E-state index contributed by atoms with van der Waals surface area (Å²) in [6.07, 6.45) is 3.98. The SMILES string of the molecule is O=C(NNS(=O)(=O)c1cccs1)c1cnccn1. The van der Waals surface area contributed by atoms with E-state index in [0.717, 1.165) is 11.3 Å². The molecule has 0 spiro atoms. The Bertz CT molecular complexity index is 625. The molecular formula is C9H8N4O3S2. The minimum atomic E-state index is -3.73. The van der Waals surface area contributed by atoms with Crippen LogP contribution in [-0.2, 0) is 10.0 Å². The normalized spacial score (nSPS) is 11.1. The highest BCUT2D eigenvalue weighted by atomic mass is 32.2. The molecule has 0 radical (unpaired) electrons. The third-order valence-electron chi connectivity index (χ3n) is 1.85. The van der Waals surface area contributed by atoms with E-state index in [1.165, 1.54) is 24.7 Å². The Balaban J connectivity index is 2.03. The van der Waals surface area contributed by atoms with Crippen molar-refractivity contribution in [1.82, 2.24) is 20.2 Å². The van der Waals surface area contributed by atoms with Crippen molar-refractivity contribution in [2.45, 2.75) is 4.21 Å². The summed E-state index contributed by atoms with van der Waals surface area (Å²) < 4.78 is 23.5. The van der Waals surface area contributed by atoms with Gasteiger partial charge in [-0.2, -0.15) is 0 Å². The van der Waals surface area contributed by atoms with Crippen LogP contribution in [0.15, 0.2) is 40.3 Å². The maximum absolute atomic E-state index is 11.7. The van der Waals surface area contributed by atoms with Gasteiger partial charge in [-0.15, -0.1) is 16.2 Å². The van der Waals surface area contributed by atoms with Crippen molar-refractivity contribution in [1.29, 1.82) is 0 Å². The van der Waals surface area contributed by atoms with E-state index in [1.807, 2.05) is 4.83 Å². The molecule has 0 saturated heterocycles. The second-order valence-electron chi connectivity index (χ2n) is 3.08. The Hall–Kier alpha value is -1.84. The molecule has 0 unspecified atom stereocenters. The summed E-state index contributed by atoms with van der Waals surface area (Å²) >= 11 is 1.05. The summed E-state index contributed by atoms with van der Waals surface area (Å²) in [5.74, 6) is -0.678. The van der Waals surface area contributed by atoms with E-state index in [2.05, 4.69) is 15.4 Å². The smallest absolute Gasteiger partial charge is 0.272 e. The number of nitrogens with one attached hydrogen (secondary N) is 2. The van der Waals surface area contributed by atoms with Crippen molar-refractivity contribution in [3.8, 4) is 0 Å². The van der Waals surface area contributed by atoms with Crippen LogP contribution in [0.25, 0.3) is 0 Å². The number of carbonyl (C=O) groups excluding carboxylic acids is 1. The van der Waals surface area contributed by atoms with Crippen LogP contribution < -0.4 is 10.3 Å². The molecule has 2 heterocycles. The highest BCUT2D eigenvalue weighted by Crippen LogP contribution is 2.14. The van der Waals surface area contributed by atoms with Crippen LogP contribution >= 0.6 is 11.3 Å². The van der Waals surface area contributed by atoms with Gasteiger partial charge in [-0.1, -0.05) is 6.07 Å². The first-order chi connectivity index (χ1) is 8.59. The zero-order valence-corrected chi connectivity index (χ0v) is 10.5. The molecule has 0 bridgehead atoms. The summed E-state index contributed by atoms with van der Waals surface area (Å²) in [6, 6.07) is 3.03. The van der Waals surface area contributed by atoms with Crippen LogP contribution in [0.4, 0.5) is 0 Å². The number of hydrogen-bond acceptors (Lipinski definition) is 6. The Kier molecular flexibility index (Phi) is 3.65. The lowest BCUT2D eigenvalue weighted by Crippen LogP contribution is -2.41. The second-order valence-corrected chi connectivity index (χ2v) is 5.94. The van der Waals surface area contributed by atoms with E-state index in [4.69, 9.17) is 0 Å². The van der Waals surface area contributed by atoms with Gasteiger partial charge in [0.25, 0.3) is 15.9 Å². The van der Waals surface area contributed by atoms with E-state index in [0.29, 0.717) is 0 Å². The standard InChI is InChI=1S/C9H8N4O3S2/c14-9(7-6-10-3-4-11-7)12-13-18(15,16)8-2-1-5-17-8/h1-6,13H,(H,12,14). The van der Waals surface area contributed by atoms with Crippen LogP contribution in [0, 0.1) is 0 Å². The van der Waals surface area contributed by atoms with E-state index in [9.17, 15) is 13.2 Å². The Morgan fingerprint density at radius 2 is 2.17 bits per heavy atom. The topological polar surface area (TPSA) is 101 Å². The van der Waals surface area contributed by atoms with Crippen molar-refractivity contribution in [3.63, 3.8) is 0 Å². The van der Waals surface area contributed by atoms with E-state index >= 15 is 0 Å². The first-order valence-corrected chi connectivity index (χ1v) is 7.07.